The third-order valence-corrected chi connectivity index (χ3v) is 5.99. The van der Waals surface area contributed by atoms with E-state index in [4.69, 9.17) is 4.98 Å². The van der Waals surface area contributed by atoms with Crippen LogP contribution in [0.2, 0.25) is 0 Å². The molecule has 1 atom stereocenters. The van der Waals surface area contributed by atoms with Crippen molar-refractivity contribution in [1.82, 2.24) is 9.55 Å². The minimum Gasteiger partial charge on any atom is -0.391 e. The average molecular weight is 380 g/mol. The number of fused-ring (bicyclic) bond motifs is 1. The smallest absolute Gasteiger partial charge is 0.264 e. The van der Waals surface area contributed by atoms with Gasteiger partial charge in [0.15, 0.2) is 0 Å². The van der Waals surface area contributed by atoms with E-state index in [0.29, 0.717) is 23.4 Å². The fourth-order valence-electron chi connectivity index (χ4n) is 3.61. The Morgan fingerprint density at radius 1 is 1.41 bits per heavy atom. The number of nitriles is 1. The van der Waals surface area contributed by atoms with Crippen LogP contribution in [0.5, 0.6) is 0 Å². The second-order valence-corrected chi connectivity index (χ2v) is 7.77. The molecule has 3 heterocycles. The van der Waals surface area contributed by atoms with Crippen molar-refractivity contribution in [2.75, 3.05) is 18.0 Å². The van der Waals surface area contributed by atoms with Crippen molar-refractivity contribution >= 4 is 27.5 Å². The predicted molar refractivity (Wildman–Crippen MR) is 106 cm³/mol. The summed E-state index contributed by atoms with van der Waals surface area (Å²) >= 11 is 1.46. The third kappa shape index (κ3) is 3.22. The number of piperidine rings is 1. The minimum absolute atomic E-state index is 0.0958. The molecule has 0 aliphatic carbocycles. The molecule has 4 rings (SSSR count). The van der Waals surface area contributed by atoms with Crippen molar-refractivity contribution in [3.63, 3.8) is 0 Å². The highest BCUT2D eigenvalue weighted by molar-refractivity contribution is 7.16. The number of aliphatic hydroxyl groups is 1. The molecule has 0 radical (unpaired) electrons. The van der Waals surface area contributed by atoms with Gasteiger partial charge in [-0.25, -0.2) is 4.98 Å². The van der Waals surface area contributed by atoms with Crippen LogP contribution in [-0.2, 0) is 6.54 Å². The van der Waals surface area contributed by atoms with Crippen molar-refractivity contribution in [3.05, 3.63) is 56.7 Å². The Morgan fingerprint density at radius 3 is 3.00 bits per heavy atom. The number of aliphatic hydroxyl groups excluding tert-OH is 1. The molecule has 0 unspecified atom stereocenters. The monoisotopic (exact) mass is 380 g/mol. The maximum Gasteiger partial charge on any atom is 0.264 e. The minimum atomic E-state index is -0.420. The number of β-amino-alcohol motifs (C(OH)–C–C–N with tert-alkyl or cyclic N) is 1. The zero-order valence-electron chi connectivity index (χ0n) is 15.1. The van der Waals surface area contributed by atoms with Gasteiger partial charge in [0.2, 0.25) is 5.95 Å². The molecular formula is C20H20N4O2S. The van der Waals surface area contributed by atoms with Gasteiger partial charge in [-0.05, 0) is 42.3 Å². The number of hydrogen-bond acceptors (Lipinski definition) is 6. The van der Waals surface area contributed by atoms with Gasteiger partial charge in [-0.3, -0.25) is 9.36 Å². The topological polar surface area (TPSA) is 82.2 Å². The molecule has 1 N–H and O–H groups in total. The van der Waals surface area contributed by atoms with E-state index in [-0.39, 0.29) is 12.1 Å². The van der Waals surface area contributed by atoms with Crippen LogP contribution in [0.15, 0.2) is 34.4 Å². The molecule has 2 aromatic heterocycles. The highest BCUT2D eigenvalue weighted by Crippen LogP contribution is 2.26. The summed E-state index contributed by atoms with van der Waals surface area (Å²) in [6, 6.07) is 9.50. The lowest BCUT2D eigenvalue weighted by atomic mass is 10.1. The molecule has 7 heteroatoms. The van der Waals surface area contributed by atoms with Gasteiger partial charge in [0.05, 0.1) is 29.7 Å². The average Bonchev–Trinajstić information content (AvgIpc) is 3.05. The fraction of sp³-hybridized carbons (Fsp3) is 0.350. The molecule has 138 valence electrons. The summed E-state index contributed by atoms with van der Waals surface area (Å²) in [6.07, 6.45) is 1.20. The number of anilines is 1. The molecule has 1 aliphatic heterocycles. The Bertz CT molecular complexity index is 1100. The van der Waals surface area contributed by atoms with Crippen LogP contribution in [0.4, 0.5) is 5.95 Å². The van der Waals surface area contributed by atoms with Crippen molar-refractivity contribution in [3.8, 4) is 6.07 Å². The first-order valence-electron chi connectivity index (χ1n) is 8.98. The molecule has 0 spiro atoms. The van der Waals surface area contributed by atoms with E-state index in [1.165, 1.54) is 11.3 Å². The molecule has 6 nitrogen and oxygen atoms in total. The summed E-state index contributed by atoms with van der Waals surface area (Å²) in [4.78, 5) is 20.8. The maximum atomic E-state index is 13.3. The van der Waals surface area contributed by atoms with Crippen LogP contribution >= 0.6 is 11.3 Å². The van der Waals surface area contributed by atoms with Crippen molar-refractivity contribution in [1.29, 1.82) is 5.26 Å². The van der Waals surface area contributed by atoms with Gasteiger partial charge >= 0.3 is 0 Å². The van der Waals surface area contributed by atoms with Crippen molar-refractivity contribution < 1.29 is 5.11 Å². The normalized spacial score (nSPS) is 17.2. The Morgan fingerprint density at radius 2 is 2.22 bits per heavy atom. The number of nitrogens with zero attached hydrogens (tertiary/aromatic N) is 4. The first-order valence-corrected chi connectivity index (χ1v) is 9.86. The first kappa shape index (κ1) is 17.7. The van der Waals surface area contributed by atoms with Gasteiger partial charge in [-0.2, -0.15) is 5.26 Å². The first-order chi connectivity index (χ1) is 13.1. The predicted octanol–water partition coefficient (Wildman–Crippen LogP) is 2.65. The summed E-state index contributed by atoms with van der Waals surface area (Å²) in [6.45, 7) is 3.41. The summed E-state index contributed by atoms with van der Waals surface area (Å²) in [5, 5.41) is 22.1. The summed E-state index contributed by atoms with van der Waals surface area (Å²) in [5.74, 6) is 0.570. The number of aromatic nitrogens is 2. The van der Waals surface area contributed by atoms with Crippen LogP contribution in [0.3, 0.4) is 0 Å². The number of benzene rings is 1. The zero-order valence-corrected chi connectivity index (χ0v) is 15.9. The van der Waals surface area contributed by atoms with E-state index >= 15 is 0 Å². The highest BCUT2D eigenvalue weighted by atomic mass is 32.1. The Hall–Kier alpha value is -2.69. The SMILES string of the molecule is Cc1csc2nc(N3CCC[C@@H](O)C3)n(Cc3ccccc3C#N)c(=O)c12. The zero-order chi connectivity index (χ0) is 19.0. The van der Waals surface area contributed by atoms with E-state index in [1.54, 1.807) is 10.6 Å². The molecule has 3 aromatic rings. The van der Waals surface area contributed by atoms with Gasteiger partial charge in [0, 0.05) is 13.1 Å². The Balaban J connectivity index is 1.89. The van der Waals surface area contributed by atoms with Crippen LogP contribution < -0.4 is 10.5 Å². The summed E-state index contributed by atoms with van der Waals surface area (Å²) in [5.41, 5.74) is 2.16. The van der Waals surface area contributed by atoms with Crippen LogP contribution in [0, 0.1) is 18.3 Å². The van der Waals surface area contributed by atoms with Crippen molar-refractivity contribution in [2.24, 2.45) is 0 Å². The van der Waals surface area contributed by atoms with E-state index in [1.807, 2.05) is 35.4 Å². The lowest BCUT2D eigenvalue weighted by Gasteiger charge is -2.32. The lowest BCUT2D eigenvalue weighted by Crippen LogP contribution is -2.42. The van der Waals surface area contributed by atoms with Gasteiger partial charge in [-0.1, -0.05) is 18.2 Å². The molecular weight excluding hydrogens is 360 g/mol. The third-order valence-electron chi connectivity index (χ3n) is 5.00. The molecule has 1 saturated heterocycles. The van der Waals surface area contributed by atoms with E-state index in [9.17, 15) is 15.2 Å². The Labute approximate surface area is 160 Å². The Kier molecular flexibility index (Phi) is 4.68. The highest BCUT2D eigenvalue weighted by Gasteiger charge is 2.24. The summed E-state index contributed by atoms with van der Waals surface area (Å²) < 4.78 is 1.65. The number of hydrogen-bond donors (Lipinski definition) is 1. The molecule has 0 amide bonds. The second-order valence-electron chi connectivity index (χ2n) is 6.91. The standard InChI is InChI=1S/C20H20N4O2S/c1-13-12-27-18-17(13)19(26)24(10-15-6-3-2-5-14(15)9-21)20(22-18)23-8-4-7-16(25)11-23/h2-3,5-6,12,16,25H,4,7-8,10-11H2,1H3/t16-/m1/s1. The second kappa shape index (κ2) is 7.14. The van der Waals surface area contributed by atoms with E-state index < -0.39 is 6.10 Å². The van der Waals surface area contributed by atoms with Gasteiger partial charge in [0.1, 0.15) is 4.83 Å². The largest absolute Gasteiger partial charge is 0.391 e. The molecule has 1 aromatic carbocycles. The summed E-state index contributed by atoms with van der Waals surface area (Å²) in [7, 11) is 0. The molecule has 0 bridgehead atoms. The van der Waals surface area contributed by atoms with Crippen LogP contribution in [-0.4, -0.2) is 33.9 Å². The number of aryl methyl sites for hydroxylation is 1. The van der Waals surface area contributed by atoms with Crippen molar-refractivity contribution in [2.45, 2.75) is 32.4 Å². The van der Waals surface area contributed by atoms with Gasteiger partial charge < -0.3 is 10.0 Å². The van der Waals surface area contributed by atoms with Crippen LogP contribution in [0.25, 0.3) is 10.2 Å². The number of rotatable bonds is 3. The number of thiophene rings is 1. The van der Waals surface area contributed by atoms with Crippen LogP contribution in [0.1, 0.15) is 29.5 Å². The quantitative estimate of drug-likeness (QED) is 0.755. The fourth-order valence-corrected chi connectivity index (χ4v) is 4.51. The molecule has 1 aliphatic rings. The maximum absolute atomic E-state index is 13.3. The van der Waals surface area contributed by atoms with Gasteiger partial charge in [0.25, 0.3) is 5.56 Å². The molecule has 1 fully saturated rings. The van der Waals surface area contributed by atoms with E-state index in [2.05, 4.69) is 6.07 Å². The molecule has 0 saturated carbocycles. The lowest BCUT2D eigenvalue weighted by molar-refractivity contribution is 0.153. The van der Waals surface area contributed by atoms with E-state index in [0.717, 1.165) is 35.3 Å². The van der Waals surface area contributed by atoms with Gasteiger partial charge in [-0.15, -0.1) is 11.3 Å². The molecule has 27 heavy (non-hydrogen) atoms.